The molecule has 0 bridgehead atoms. The van der Waals surface area contributed by atoms with Gasteiger partial charge in [0.25, 0.3) is 0 Å². The van der Waals surface area contributed by atoms with Crippen molar-refractivity contribution in [3.63, 3.8) is 0 Å². The zero-order valence-corrected chi connectivity index (χ0v) is 12.3. The molecule has 0 saturated carbocycles. The number of likely N-dealkylation sites (tertiary alicyclic amines) is 1. The molecule has 114 valence electrons. The first-order valence-corrected chi connectivity index (χ1v) is 7.61. The Labute approximate surface area is 120 Å². The van der Waals surface area contributed by atoms with Gasteiger partial charge in [-0.1, -0.05) is 6.92 Å². The van der Waals surface area contributed by atoms with E-state index in [1.54, 1.807) is 4.90 Å². The topological polar surface area (TPSA) is 64.1 Å². The quantitative estimate of drug-likeness (QED) is 0.838. The summed E-state index contributed by atoms with van der Waals surface area (Å²) in [5.41, 5.74) is 0. The number of urea groups is 1. The molecule has 20 heavy (non-hydrogen) atoms. The lowest BCUT2D eigenvalue weighted by Gasteiger charge is -2.37. The van der Waals surface area contributed by atoms with Crippen LogP contribution in [0, 0.1) is 0 Å². The number of aliphatic carboxylic acids is 1. The maximum Gasteiger partial charge on any atom is 0.320 e. The molecule has 1 unspecified atom stereocenters. The Hall–Kier alpha value is -1.30. The molecular formula is C14H25N3O3. The van der Waals surface area contributed by atoms with Crippen LogP contribution >= 0.6 is 0 Å². The van der Waals surface area contributed by atoms with E-state index in [1.807, 2.05) is 4.90 Å². The number of rotatable bonds is 4. The Balaban J connectivity index is 1.86. The summed E-state index contributed by atoms with van der Waals surface area (Å²) in [5.74, 6) is -0.817. The summed E-state index contributed by atoms with van der Waals surface area (Å²) in [6.07, 6.45) is 2.94. The largest absolute Gasteiger partial charge is 0.481 e. The van der Waals surface area contributed by atoms with Crippen LogP contribution in [0.1, 0.15) is 32.6 Å². The summed E-state index contributed by atoms with van der Waals surface area (Å²) in [4.78, 5) is 29.4. The second kappa shape index (κ2) is 6.92. The smallest absolute Gasteiger partial charge is 0.320 e. The molecule has 2 aliphatic rings. The van der Waals surface area contributed by atoms with Crippen LogP contribution in [-0.2, 0) is 4.79 Å². The van der Waals surface area contributed by atoms with Crippen LogP contribution in [0.4, 0.5) is 4.79 Å². The molecule has 2 rings (SSSR count). The molecule has 6 nitrogen and oxygen atoms in total. The fourth-order valence-corrected chi connectivity index (χ4v) is 3.16. The highest BCUT2D eigenvalue weighted by Crippen LogP contribution is 2.22. The van der Waals surface area contributed by atoms with Gasteiger partial charge in [0.2, 0.25) is 0 Å². The van der Waals surface area contributed by atoms with Gasteiger partial charge in [0, 0.05) is 38.8 Å². The van der Waals surface area contributed by atoms with Gasteiger partial charge >= 0.3 is 12.0 Å². The molecule has 0 radical (unpaired) electrons. The third kappa shape index (κ3) is 3.62. The zero-order chi connectivity index (χ0) is 14.5. The van der Waals surface area contributed by atoms with Crippen LogP contribution in [0.25, 0.3) is 0 Å². The minimum atomic E-state index is -0.817. The van der Waals surface area contributed by atoms with E-state index in [-0.39, 0.29) is 18.5 Å². The predicted octanol–water partition coefficient (Wildman–Crippen LogP) is 1.07. The number of hydrogen-bond acceptors (Lipinski definition) is 3. The maximum atomic E-state index is 12.5. The van der Waals surface area contributed by atoms with E-state index in [1.165, 1.54) is 0 Å². The lowest BCUT2D eigenvalue weighted by Crippen LogP contribution is -2.53. The minimum Gasteiger partial charge on any atom is -0.481 e. The van der Waals surface area contributed by atoms with Crippen molar-refractivity contribution in [1.29, 1.82) is 0 Å². The van der Waals surface area contributed by atoms with Gasteiger partial charge in [-0.25, -0.2) is 4.79 Å². The number of carboxylic acid groups (broad SMARTS) is 1. The molecule has 0 spiro atoms. The maximum absolute atomic E-state index is 12.5. The van der Waals surface area contributed by atoms with Crippen LogP contribution in [-0.4, -0.2) is 77.1 Å². The number of piperazine rings is 1. The summed E-state index contributed by atoms with van der Waals surface area (Å²) < 4.78 is 0. The lowest BCUT2D eigenvalue weighted by molar-refractivity contribution is -0.138. The van der Waals surface area contributed by atoms with E-state index >= 15 is 0 Å². The number of carboxylic acids is 1. The Kier molecular flexibility index (Phi) is 5.23. The van der Waals surface area contributed by atoms with Crippen LogP contribution in [0.5, 0.6) is 0 Å². The predicted molar refractivity (Wildman–Crippen MR) is 75.7 cm³/mol. The first-order chi connectivity index (χ1) is 9.61. The van der Waals surface area contributed by atoms with Crippen molar-refractivity contribution < 1.29 is 14.7 Å². The van der Waals surface area contributed by atoms with Gasteiger partial charge in [0.1, 0.15) is 0 Å². The first kappa shape index (κ1) is 15.1. The molecule has 0 aliphatic carbocycles. The van der Waals surface area contributed by atoms with Crippen LogP contribution in [0.3, 0.4) is 0 Å². The SMILES string of the molecule is CCCN1CCN(C(=O)N2CCCC2CC(=O)O)CC1. The molecule has 2 aliphatic heterocycles. The number of hydrogen-bond donors (Lipinski definition) is 1. The lowest BCUT2D eigenvalue weighted by atomic mass is 10.1. The van der Waals surface area contributed by atoms with E-state index in [0.717, 1.165) is 52.0 Å². The molecule has 6 heteroatoms. The van der Waals surface area contributed by atoms with E-state index in [4.69, 9.17) is 5.11 Å². The second-order valence-electron chi connectivity index (χ2n) is 5.70. The van der Waals surface area contributed by atoms with Gasteiger partial charge in [0.15, 0.2) is 0 Å². The second-order valence-corrected chi connectivity index (χ2v) is 5.70. The molecule has 2 fully saturated rings. The number of amides is 2. The Bertz CT molecular complexity index is 354. The number of nitrogens with zero attached hydrogens (tertiary/aromatic N) is 3. The Morgan fingerprint density at radius 2 is 1.85 bits per heavy atom. The van der Waals surface area contributed by atoms with Crippen molar-refractivity contribution in [1.82, 2.24) is 14.7 Å². The third-order valence-electron chi connectivity index (χ3n) is 4.22. The van der Waals surface area contributed by atoms with E-state index in [0.29, 0.717) is 6.54 Å². The molecule has 2 heterocycles. The Morgan fingerprint density at radius 3 is 2.45 bits per heavy atom. The van der Waals surface area contributed by atoms with Gasteiger partial charge in [-0.05, 0) is 25.8 Å². The van der Waals surface area contributed by atoms with Crippen molar-refractivity contribution >= 4 is 12.0 Å². The number of carbonyl (C=O) groups is 2. The highest BCUT2D eigenvalue weighted by Gasteiger charge is 2.33. The minimum absolute atomic E-state index is 0.0323. The number of carbonyl (C=O) groups excluding carboxylic acids is 1. The summed E-state index contributed by atoms with van der Waals surface area (Å²) in [6.45, 7) is 7.33. The van der Waals surface area contributed by atoms with E-state index < -0.39 is 5.97 Å². The molecule has 0 aromatic heterocycles. The van der Waals surface area contributed by atoms with E-state index in [9.17, 15) is 9.59 Å². The normalized spacial score (nSPS) is 24.1. The molecule has 2 amide bonds. The molecule has 0 aromatic carbocycles. The fraction of sp³-hybridized carbons (Fsp3) is 0.857. The van der Waals surface area contributed by atoms with Gasteiger partial charge in [0.05, 0.1) is 6.42 Å². The summed E-state index contributed by atoms with van der Waals surface area (Å²) in [5, 5.41) is 8.92. The van der Waals surface area contributed by atoms with Crippen molar-refractivity contribution in [3.05, 3.63) is 0 Å². The first-order valence-electron chi connectivity index (χ1n) is 7.61. The van der Waals surface area contributed by atoms with Gasteiger partial charge in [-0.2, -0.15) is 0 Å². The molecule has 1 N–H and O–H groups in total. The van der Waals surface area contributed by atoms with Gasteiger partial charge in [-0.3, -0.25) is 9.69 Å². The summed E-state index contributed by atoms with van der Waals surface area (Å²) >= 11 is 0. The third-order valence-corrected chi connectivity index (χ3v) is 4.22. The highest BCUT2D eigenvalue weighted by atomic mass is 16.4. The molecule has 1 atom stereocenters. The van der Waals surface area contributed by atoms with Crippen molar-refractivity contribution in [2.75, 3.05) is 39.3 Å². The standard InChI is InChI=1S/C14H25N3O3/c1-2-5-15-7-9-16(10-8-15)14(20)17-6-3-4-12(17)11-13(18)19/h12H,2-11H2,1H3,(H,18,19). The average molecular weight is 283 g/mol. The Morgan fingerprint density at radius 1 is 1.15 bits per heavy atom. The zero-order valence-electron chi connectivity index (χ0n) is 12.3. The van der Waals surface area contributed by atoms with Gasteiger partial charge < -0.3 is 14.9 Å². The van der Waals surface area contributed by atoms with Gasteiger partial charge in [-0.15, -0.1) is 0 Å². The summed E-state index contributed by atoms with van der Waals surface area (Å²) in [6, 6.07) is -0.0847. The molecule has 2 saturated heterocycles. The van der Waals surface area contributed by atoms with Crippen LogP contribution in [0.2, 0.25) is 0 Å². The highest BCUT2D eigenvalue weighted by molar-refractivity contribution is 5.76. The average Bonchev–Trinajstić information content (AvgIpc) is 2.86. The van der Waals surface area contributed by atoms with Crippen molar-refractivity contribution in [2.24, 2.45) is 0 Å². The van der Waals surface area contributed by atoms with Crippen molar-refractivity contribution in [3.8, 4) is 0 Å². The molecule has 0 aromatic rings. The monoisotopic (exact) mass is 283 g/mol. The van der Waals surface area contributed by atoms with Crippen LogP contribution < -0.4 is 0 Å². The van der Waals surface area contributed by atoms with E-state index in [2.05, 4.69) is 11.8 Å². The molecular weight excluding hydrogens is 258 g/mol. The van der Waals surface area contributed by atoms with Crippen LogP contribution in [0.15, 0.2) is 0 Å². The fourth-order valence-electron chi connectivity index (χ4n) is 3.16. The van der Waals surface area contributed by atoms with Crippen molar-refractivity contribution in [2.45, 2.75) is 38.6 Å². The summed E-state index contributed by atoms with van der Waals surface area (Å²) in [7, 11) is 0.